The van der Waals surface area contributed by atoms with Crippen molar-refractivity contribution in [3.05, 3.63) is 35.4 Å². The van der Waals surface area contributed by atoms with Crippen LogP contribution in [0.1, 0.15) is 56.0 Å². The van der Waals surface area contributed by atoms with Crippen molar-refractivity contribution in [1.82, 2.24) is 4.90 Å². The van der Waals surface area contributed by atoms with Gasteiger partial charge in [-0.2, -0.15) is 0 Å². The van der Waals surface area contributed by atoms with Crippen LogP contribution in [0.2, 0.25) is 0 Å². The van der Waals surface area contributed by atoms with E-state index in [1.165, 1.54) is 0 Å². The summed E-state index contributed by atoms with van der Waals surface area (Å²) in [6, 6.07) is 7.23. The summed E-state index contributed by atoms with van der Waals surface area (Å²) in [7, 11) is 0. The largest absolute Gasteiger partial charge is 0.478 e. The molecule has 0 saturated carbocycles. The molecule has 1 aromatic carbocycles. The van der Waals surface area contributed by atoms with E-state index in [0.717, 1.165) is 37.9 Å². The molecule has 4 nitrogen and oxygen atoms in total. The number of likely N-dealkylation sites (tertiary alicyclic amines) is 1. The van der Waals surface area contributed by atoms with Crippen molar-refractivity contribution >= 4 is 11.9 Å². The van der Waals surface area contributed by atoms with Crippen LogP contribution in [-0.2, 0) is 11.2 Å². The molecule has 1 fully saturated rings. The molecule has 126 valence electrons. The van der Waals surface area contributed by atoms with Gasteiger partial charge in [-0.3, -0.25) is 4.79 Å². The van der Waals surface area contributed by atoms with Crippen molar-refractivity contribution in [1.29, 1.82) is 0 Å². The molecule has 0 bridgehead atoms. The molecule has 2 rings (SSSR count). The third kappa shape index (κ3) is 5.08. The molecule has 1 aromatic rings. The van der Waals surface area contributed by atoms with Gasteiger partial charge in [0.1, 0.15) is 0 Å². The second-order valence-electron chi connectivity index (χ2n) is 7.73. The molecule has 0 unspecified atom stereocenters. The molecule has 1 aliphatic rings. The smallest absolute Gasteiger partial charge is 0.335 e. The maximum atomic E-state index is 12.3. The maximum absolute atomic E-state index is 12.3. The van der Waals surface area contributed by atoms with Crippen molar-refractivity contribution in [3.8, 4) is 0 Å². The number of aromatic carboxylic acids is 1. The van der Waals surface area contributed by atoms with Gasteiger partial charge in [0.25, 0.3) is 0 Å². The summed E-state index contributed by atoms with van der Waals surface area (Å²) >= 11 is 0. The highest BCUT2D eigenvalue weighted by molar-refractivity contribution is 5.89. The molecule has 1 heterocycles. The van der Waals surface area contributed by atoms with Gasteiger partial charge in [0, 0.05) is 19.5 Å². The zero-order valence-electron chi connectivity index (χ0n) is 14.3. The molecule has 0 aromatic heterocycles. The highest BCUT2D eigenvalue weighted by Crippen LogP contribution is 2.26. The monoisotopic (exact) mass is 317 g/mol. The van der Waals surface area contributed by atoms with E-state index in [-0.39, 0.29) is 11.3 Å². The van der Waals surface area contributed by atoms with E-state index in [1.54, 1.807) is 12.1 Å². The van der Waals surface area contributed by atoms with Gasteiger partial charge in [0.2, 0.25) is 5.91 Å². The van der Waals surface area contributed by atoms with Crippen LogP contribution < -0.4 is 0 Å². The quantitative estimate of drug-likeness (QED) is 0.923. The number of nitrogens with zero attached hydrogens (tertiary/aromatic N) is 1. The third-order valence-corrected chi connectivity index (χ3v) is 4.41. The van der Waals surface area contributed by atoms with E-state index in [9.17, 15) is 14.7 Å². The summed E-state index contributed by atoms with van der Waals surface area (Å²) in [6.07, 6.45) is 3.26. The van der Waals surface area contributed by atoms with Gasteiger partial charge in [0.15, 0.2) is 0 Å². The Kier molecular flexibility index (Phi) is 5.45. The molecule has 1 aliphatic heterocycles. The summed E-state index contributed by atoms with van der Waals surface area (Å²) in [6.45, 7) is 7.82. The van der Waals surface area contributed by atoms with Crippen LogP contribution in [0.4, 0.5) is 0 Å². The fourth-order valence-electron chi connectivity index (χ4n) is 3.17. The normalized spacial score (nSPS) is 16.4. The molecular formula is C19H27NO3. The first kappa shape index (κ1) is 17.5. The topological polar surface area (TPSA) is 57.6 Å². The first-order chi connectivity index (χ1) is 10.8. The molecule has 0 radical (unpaired) electrons. The van der Waals surface area contributed by atoms with Crippen LogP contribution in [0.25, 0.3) is 0 Å². The average molecular weight is 317 g/mol. The van der Waals surface area contributed by atoms with Crippen LogP contribution in [0.3, 0.4) is 0 Å². The van der Waals surface area contributed by atoms with E-state index in [2.05, 4.69) is 20.8 Å². The first-order valence-electron chi connectivity index (χ1n) is 8.35. The second-order valence-corrected chi connectivity index (χ2v) is 7.73. The number of carboxylic acid groups (broad SMARTS) is 1. The lowest BCUT2D eigenvalue weighted by atomic mass is 9.87. The van der Waals surface area contributed by atoms with E-state index in [1.807, 2.05) is 17.0 Å². The summed E-state index contributed by atoms with van der Waals surface area (Å²) < 4.78 is 0. The molecule has 23 heavy (non-hydrogen) atoms. The number of amides is 1. The Bertz CT molecular complexity index is 566. The standard InChI is InChI=1S/C19H27NO3/c1-19(2,3)13-17(21)20-10-8-14(9-11-20)12-15-6-4-5-7-16(15)18(22)23/h4-7,14H,8-13H2,1-3H3,(H,22,23). The zero-order chi connectivity index (χ0) is 17.0. The van der Waals surface area contributed by atoms with E-state index in [4.69, 9.17) is 0 Å². The predicted octanol–water partition coefficient (Wildman–Crippen LogP) is 3.60. The number of benzene rings is 1. The minimum absolute atomic E-state index is 0.0222. The van der Waals surface area contributed by atoms with Gasteiger partial charge >= 0.3 is 5.97 Å². The van der Waals surface area contributed by atoms with Gasteiger partial charge in [0.05, 0.1) is 5.56 Å². The van der Waals surface area contributed by atoms with E-state index >= 15 is 0 Å². The second kappa shape index (κ2) is 7.16. The van der Waals surface area contributed by atoms with Crippen molar-refractivity contribution in [2.75, 3.05) is 13.1 Å². The third-order valence-electron chi connectivity index (χ3n) is 4.41. The number of carbonyl (C=O) groups excluding carboxylic acids is 1. The summed E-state index contributed by atoms with van der Waals surface area (Å²) in [4.78, 5) is 25.5. The van der Waals surface area contributed by atoms with E-state index in [0.29, 0.717) is 17.9 Å². The molecule has 1 saturated heterocycles. The molecule has 0 spiro atoms. The Hall–Kier alpha value is -1.84. The number of rotatable bonds is 4. The van der Waals surface area contributed by atoms with Crippen molar-refractivity contribution < 1.29 is 14.7 Å². The van der Waals surface area contributed by atoms with Gasteiger partial charge in [-0.25, -0.2) is 4.79 Å². The summed E-state index contributed by atoms with van der Waals surface area (Å²) in [5.41, 5.74) is 1.33. The number of hydrogen-bond donors (Lipinski definition) is 1. The molecular weight excluding hydrogens is 290 g/mol. The molecule has 1 amide bonds. The van der Waals surface area contributed by atoms with Crippen LogP contribution in [0.15, 0.2) is 24.3 Å². The Morgan fingerprint density at radius 3 is 2.35 bits per heavy atom. The highest BCUT2D eigenvalue weighted by Gasteiger charge is 2.26. The van der Waals surface area contributed by atoms with Crippen molar-refractivity contribution in [3.63, 3.8) is 0 Å². The SMILES string of the molecule is CC(C)(C)CC(=O)N1CCC(Cc2ccccc2C(=O)O)CC1. The Labute approximate surface area is 138 Å². The molecule has 1 N–H and O–H groups in total. The highest BCUT2D eigenvalue weighted by atomic mass is 16.4. The minimum atomic E-state index is -0.863. The Balaban J connectivity index is 1.91. The lowest BCUT2D eigenvalue weighted by Crippen LogP contribution is -2.40. The van der Waals surface area contributed by atoms with Gasteiger partial charge in [-0.1, -0.05) is 39.0 Å². The lowest BCUT2D eigenvalue weighted by Gasteiger charge is -2.34. The predicted molar refractivity (Wildman–Crippen MR) is 90.5 cm³/mol. The summed E-state index contributed by atoms with van der Waals surface area (Å²) in [5, 5.41) is 9.27. The van der Waals surface area contributed by atoms with Crippen LogP contribution in [0.5, 0.6) is 0 Å². The summed E-state index contributed by atoms with van der Waals surface area (Å²) in [5.74, 6) is -0.172. The fourth-order valence-corrected chi connectivity index (χ4v) is 3.17. The Morgan fingerprint density at radius 1 is 1.17 bits per heavy atom. The number of carbonyl (C=O) groups is 2. The molecule has 0 aliphatic carbocycles. The Morgan fingerprint density at radius 2 is 1.78 bits per heavy atom. The van der Waals surface area contributed by atoms with Crippen molar-refractivity contribution in [2.24, 2.45) is 11.3 Å². The van der Waals surface area contributed by atoms with Crippen LogP contribution in [-0.4, -0.2) is 35.0 Å². The maximum Gasteiger partial charge on any atom is 0.335 e. The van der Waals surface area contributed by atoms with Gasteiger partial charge in [-0.15, -0.1) is 0 Å². The van der Waals surface area contributed by atoms with Gasteiger partial charge in [-0.05, 0) is 42.2 Å². The van der Waals surface area contributed by atoms with Crippen LogP contribution >= 0.6 is 0 Å². The molecule has 4 heteroatoms. The number of piperidine rings is 1. The van der Waals surface area contributed by atoms with Gasteiger partial charge < -0.3 is 10.0 Å². The molecule has 0 atom stereocenters. The van der Waals surface area contributed by atoms with Crippen LogP contribution in [0, 0.1) is 11.3 Å². The average Bonchev–Trinajstić information content (AvgIpc) is 2.46. The van der Waals surface area contributed by atoms with E-state index < -0.39 is 5.97 Å². The number of hydrogen-bond acceptors (Lipinski definition) is 2. The lowest BCUT2D eigenvalue weighted by molar-refractivity contribution is -0.134. The minimum Gasteiger partial charge on any atom is -0.478 e. The number of carboxylic acids is 1. The van der Waals surface area contributed by atoms with Crippen molar-refractivity contribution in [2.45, 2.75) is 46.5 Å². The zero-order valence-corrected chi connectivity index (χ0v) is 14.3. The fraction of sp³-hybridized carbons (Fsp3) is 0.579. The first-order valence-corrected chi connectivity index (χ1v) is 8.35.